The molecule has 0 unspecified atom stereocenters. The molecule has 4 rings (SSSR count). The van der Waals surface area contributed by atoms with E-state index >= 15 is 0 Å². The molecule has 1 aliphatic heterocycles. The minimum atomic E-state index is 0. The number of guanidine groups is 1. The monoisotopic (exact) mass is 511 g/mol. The molecule has 1 saturated heterocycles. The summed E-state index contributed by atoms with van der Waals surface area (Å²) in [6.45, 7) is 5.14. The van der Waals surface area contributed by atoms with Crippen molar-refractivity contribution < 1.29 is 4.79 Å². The number of halogens is 1. The number of aryl methyl sites for hydroxylation is 2. The molecule has 0 aromatic heterocycles. The fourth-order valence-corrected chi connectivity index (χ4v) is 4.77. The summed E-state index contributed by atoms with van der Waals surface area (Å²) in [5, 5.41) is 3.22. The van der Waals surface area contributed by atoms with Gasteiger partial charge in [0, 0.05) is 44.3 Å². The number of nitrogens with two attached hydrogens (primary N) is 1. The summed E-state index contributed by atoms with van der Waals surface area (Å²) in [5.74, 6) is 1.16. The summed E-state index contributed by atoms with van der Waals surface area (Å²) in [6.07, 6.45) is 8.22. The third-order valence-corrected chi connectivity index (χ3v) is 6.46. The minimum absolute atomic E-state index is 0. The van der Waals surface area contributed by atoms with Crippen LogP contribution in [0.3, 0.4) is 0 Å². The van der Waals surface area contributed by atoms with Crippen molar-refractivity contribution in [2.45, 2.75) is 44.9 Å². The molecule has 1 amide bonds. The molecule has 1 aromatic rings. The number of anilines is 1. The van der Waals surface area contributed by atoms with Gasteiger partial charge in [0.1, 0.15) is 0 Å². The predicted molar refractivity (Wildman–Crippen MR) is 129 cm³/mol. The van der Waals surface area contributed by atoms with Crippen molar-refractivity contribution in [1.82, 2.24) is 9.80 Å². The van der Waals surface area contributed by atoms with Crippen molar-refractivity contribution in [1.29, 1.82) is 0 Å². The smallest absolute Gasteiger partial charge is 0.225 e. The average molecular weight is 511 g/mol. The van der Waals surface area contributed by atoms with Gasteiger partial charge in [0.15, 0.2) is 5.96 Å². The summed E-state index contributed by atoms with van der Waals surface area (Å²) in [6, 6.07) is 6.49. The van der Waals surface area contributed by atoms with E-state index in [1.54, 1.807) is 0 Å². The molecular formula is C22H34IN5O. The van der Waals surface area contributed by atoms with Crippen molar-refractivity contribution in [2.75, 3.05) is 44.6 Å². The molecule has 29 heavy (non-hydrogen) atoms. The Morgan fingerprint density at radius 2 is 1.79 bits per heavy atom. The third kappa shape index (κ3) is 5.84. The van der Waals surface area contributed by atoms with Gasteiger partial charge in [-0.25, -0.2) is 0 Å². The molecule has 7 heteroatoms. The molecule has 0 spiro atoms. The first-order valence-electron chi connectivity index (χ1n) is 10.9. The number of amides is 1. The Labute approximate surface area is 191 Å². The maximum atomic E-state index is 12.5. The largest absolute Gasteiger partial charge is 0.370 e. The number of benzene rings is 1. The van der Waals surface area contributed by atoms with Crippen LogP contribution in [0, 0.1) is 5.92 Å². The number of hydrogen-bond donors (Lipinski definition) is 2. The summed E-state index contributed by atoms with van der Waals surface area (Å²) in [7, 11) is 0. The first-order chi connectivity index (χ1) is 13.7. The molecule has 6 nitrogen and oxygen atoms in total. The van der Waals surface area contributed by atoms with E-state index in [0.717, 1.165) is 57.7 Å². The highest BCUT2D eigenvalue weighted by atomic mass is 127. The Balaban J connectivity index is 0.00000240. The van der Waals surface area contributed by atoms with Gasteiger partial charge in [0.05, 0.1) is 6.54 Å². The minimum Gasteiger partial charge on any atom is -0.370 e. The lowest BCUT2D eigenvalue weighted by molar-refractivity contribution is -0.137. The van der Waals surface area contributed by atoms with E-state index < -0.39 is 0 Å². The quantitative estimate of drug-likeness (QED) is 0.363. The highest BCUT2D eigenvalue weighted by Crippen LogP contribution is 2.27. The van der Waals surface area contributed by atoms with E-state index in [0.29, 0.717) is 24.3 Å². The van der Waals surface area contributed by atoms with Gasteiger partial charge < -0.3 is 16.0 Å². The van der Waals surface area contributed by atoms with E-state index in [4.69, 9.17) is 5.73 Å². The van der Waals surface area contributed by atoms with E-state index in [1.807, 2.05) is 0 Å². The van der Waals surface area contributed by atoms with E-state index in [2.05, 4.69) is 38.3 Å². The Bertz CT molecular complexity index is 724. The zero-order valence-corrected chi connectivity index (χ0v) is 19.6. The lowest BCUT2D eigenvalue weighted by atomic mass is 10.1. The Morgan fingerprint density at radius 1 is 1.07 bits per heavy atom. The molecule has 3 aliphatic rings. The zero-order chi connectivity index (χ0) is 19.3. The normalized spacial score (nSPS) is 20.4. The van der Waals surface area contributed by atoms with Gasteiger partial charge in [-0.2, -0.15) is 0 Å². The number of rotatable bonds is 5. The second kappa shape index (κ2) is 10.6. The zero-order valence-electron chi connectivity index (χ0n) is 17.2. The van der Waals surface area contributed by atoms with Crippen LogP contribution in [-0.2, 0) is 17.6 Å². The van der Waals surface area contributed by atoms with Crippen molar-refractivity contribution in [2.24, 2.45) is 16.6 Å². The van der Waals surface area contributed by atoms with Crippen LogP contribution in [0.4, 0.5) is 5.69 Å². The number of carbonyl (C=O) groups excluding carboxylic acids is 1. The Hall–Kier alpha value is -1.35. The first kappa shape index (κ1) is 22.3. The van der Waals surface area contributed by atoms with Crippen molar-refractivity contribution in [3.8, 4) is 0 Å². The molecule has 1 heterocycles. The third-order valence-electron chi connectivity index (χ3n) is 6.46. The van der Waals surface area contributed by atoms with Crippen molar-refractivity contribution in [3.05, 3.63) is 29.3 Å². The summed E-state index contributed by atoms with van der Waals surface area (Å²) in [4.78, 5) is 21.4. The second-order valence-corrected chi connectivity index (χ2v) is 8.38. The van der Waals surface area contributed by atoms with Gasteiger partial charge in [0.25, 0.3) is 0 Å². The molecule has 160 valence electrons. The molecule has 3 N–H and O–H groups in total. The van der Waals surface area contributed by atoms with Crippen LogP contribution in [-0.4, -0.2) is 60.9 Å². The fraction of sp³-hybridized carbons (Fsp3) is 0.636. The SMILES string of the molecule is I.NC(=NCCN1CCN(C(=O)C2CCCC2)CC1)Nc1ccc2c(c1)CCC2. The maximum Gasteiger partial charge on any atom is 0.225 e. The molecule has 0 atom stereocenters. The second-order valence-electron chi connectivity index (χ2n) is 8.38. The van der Waals surface area contributed by atoms with E-state index in [9.17, 15) is 4.79 Å². The van der Waals surface area contributed by atoms with E-state index in [-0.39, 0.29) is 24.0 Å². The molecular weight excluding hydrogens is 477 g/mol. The highest BCUT2D eigenvalue weighted by Gasteiger charge is 2.29. The van der Waals surface area contributed by atoms with Crippen LogP contribution in [0.1, 0.15) is 43.2 Å². The van der Waals surface area contributed by atoms with Crippen LogP contribution >= 0.6 is 24.0 Å². The maximum absolute atomic E-state index is 12.5. The highest BCUT2D eigenvalue weighted by molar-refractivity contribution is 14.0. The van der Waals surface area contributed by atoms with Crippen molar-refractivity contribution >= 4 is 41.5 Å². The summed E-state index contributed by atoms with van der Waals surface area (Å²) < 4.78 is 0. The standard InChI is InChI=1S/C22H33N5O.HI/c23-22(25-20-9-8-17-6-3-7-19(17)16-20)24-10-11-26-12-14-27(15-13-26)21(28)18-4-1-2-5-18;/h8-9,16,18H,1-7,10-15H2,(H3,23,24,25);1H. The molecule has 2 fully saturated rings. The van der Waals surface area contributed by atoms with Gasteiger partial charge in [-0.05, 0) is 55.4 Å². The fourth-order valence-electron chi connectivity index (χ4n) is 4.77. The molecule has 0 radical (unpaired) electrons. The summed E-state index contributed by atoms with van der Waals surface area (Å²) >= 11 is 0. The topological polar surface area (TPSA) is 74.0 Å². The number of piperazine rings is 1. The number of carbonyl (C=O) groups is 1. The predicted octanol–water partition coefficient (Wildman–Crippen LogP) is 2.85. The lowest BCUT2D eigenvalue weighted by Gasteiger charge is -2.35. The number of hydrogen-bond acceptors (Lipinski definition) is 3. The van der Waals surface area contributed by atoms with Crippen LogP contribution < -0.4 is 11.1 Å². The van der Waals surface area contributed by atoms with Crippen LogP contribution in [0.15, 0.2) is 23.2 Å². The molecule has 0 bridgehead atoms. The van der Waals surface area contributed by atoms with Crippen LogP contribution in [0.25, 0.3) is 0 Å². The van der Waals surface area contributed by atoms with Gasteiger partial charge in [-0.3, -0.25) is 14.7 Å². The number of nitrogens with one attached hydrogen (secondary N) is 1. The Kier molecular flexibility index (Phi) is 8.17. The molecule has 1 aromatic carbocycles. The van der Waals surface area contributed by atoms with Gasteiger partial charge in [-0.15, -0.1) is 24.0 Å². The molecule has 2 aliphatic carbocycles. The van der Waals surface area contributed by atoms with Gasteiger partial charge >= 0.3 is 0 Å². The lowest BCUT2D eigenvalue weighted by Crippen LogP contribution is -2.50. The average Bonchev–Trinajstić information content (AvgIpc) is 3.39. The van der Waals surface area contributed by atoms with Crippen LogP contribution in [0.2, 0.25) is 0 Å². The number of nitrogens with zero attached hydrogens (tertiary/aromatic N) is 3. The van der Waals surface area contributed by atoms with Gasteiger partial charge in [-0.1, -0.05) is 18.9 Å². The Morgan fingerprint density at radius 3 is 2.55 bits per heavy atom. The van der Waals surface area contributed by atoms with Gasteiger partial charge in [0.2, 0.25) is 5.91 Å². The van der Waals surface area contributed by atoms with E-state index in [1.165, 1.54) is 36.8 Å². The van der Waals surface area contributed by atoms with Crippen molar-refractivity contribution in [3.63, 3.8) is 0 Å². The number of aliphatic imine (C=N–C) groups is 1. The number of fused-ring (bicyclic) bond motifs is 1. The molecule has 1 saturated carbocycles. The first-order valence-corrected chi connectivity index (χ1v) is 10.9. The van der Waals surface area contributed by atoms with Crippen LogP contribution in [0.5, 0.6) is 0 Å². The summed E-state index contributed by atoms with van der Waals surface area (Å²) in [5.41, 5.74) is 9.99.